The van der Waals surface area contributed by atoms with Gasteiger partial charge in [-0.25, -0.2) is 4.39 Å². The summed E-state index contributed by atoms with van der Waals surface area (Å²) in [5.41, 5.74) is 8.34. The topological polar surface area (TPSA) is 86.8 Å². The maximum absolute atomic E-state index is 14.7. The molecule has 1 radical (unpaired) electrons. The number of hydrogen-bond acceptors (Lipinski definition) is 5. The summed E-state index contributed by atoms with van der Waals surface area (Å²) in [6.45, 7) is 4.15. The number of phenolic OH excluding ortho intramolecular Hbond substituents is 2. The molecule has 0 aromatic heterocycles. The Morgan fingerprint density at radius 3 is 2.65 bits per heavy atom. The Labute approximate surface area is 199 Å². The zero-order valence-corrected chi connectivity index (χ0v) is 19.2. The average Bonchev–Trinajstić information content (AvgIpc) is 2.83. The average molecular weight is 462 g/mol. The molecule has 3 atom stereocenters. The monoisotopic (exact) mass is 461 g/mol. The van der Waals surface area contributed by atoms with Gasteiger partial charge in [-0.05, 0) is 79.5 Å². The van der Waals surface area contributed by atoms with Gasteiger partial charge in [-0.15, -0.1) is 0 Å². The van der Waals surface area contributed by atoms with Crippen molar-refractivity contribution in [2.24, 2.45) is 11.7 Å². The number of benzene rings is 3. The number of aromatic hydroxyl groups is 2. The fraction of sp³-hybridized carbons (Fsp3) is 0.321. The van der Waals surface area contributed by atoms with E-state index in [1.54, 1.807) is 31.2 Å². The third-order valence-electron chi connectivity index (χ3n) is 6.82. The largest absolute Gasteiger partial charge is 0.508 e. The summed E-state index contributed by atoms with van der Waals surface area (Å²) >= 11 is 0. The van der Waals surface area contributed by atoms with Crippen molar-refractivity contribution in [3.05, 3.63) is 94.8 Å². The van der Waals surface area contributed by atoms with Crippen LogP contribution in [-0.4, -0.2) is 47.1 Å². The predicted octanol–water partition coefficient (Wildman–Crippen LogP) is 4.38. The molecular formula is C28H30FN2O3. The highest BCUT2D eigenvalue weighted by Gasteiger charge is 2.43. The number of ketones is 1. The Morgan fingerprint density at radius 1 is 1.12 bits per heavy atom. The summed E-state index contributed by atoms with van der Waals surface area (Å²) in [6, 6.07) is 19.4. The molecule has 0 unspecified atom stereocenters. The molecule has 0 aliphatic carbocycles. The zero-order chi connectivity index (χ0) is 24.2. The number of likely N-dealkylation sites (tertiary alicyclic amines) is 1. The molecule has 1 heterocycles. The number of carbonyl (C=O) groups is 1. The van der Waals surface area contributed by atoms with Crippen LogP contribution in [0.25, 0.3) is 0 Å². The van der Waals surface area contributed by atoms with Gasteiger partial charge in [-0.3, -0.25) is 4.79 Å². The number of hydrogen-bond donors (Lipinski definition) is 3. The first-order chi connectivity index (χ1) is 16.4. The van der Waals surface area contributed by atoms with Gasteiger partial charge < -0.3 is 20.8 Å². The number of nitrogens with two attached hydrogens (primary N) is 1. The van der Waals surface area contributed by atoms with Crippen LogP contribution in [0, 0.1) is 24.7 Å². The van der Waals surface area contributed by atoms with Crippen LogP contribution in [0.1, 0.15) is 45.3 Å². The van der Waals surface area contributed by atoms with Gasteiger partial charge in [0.1, 0.15) is 17.3 Å². The van der Waals surface area contributed by atoms with Gasteiger partial charge in [0, 0.05) is 36.4 Å². The number of nitrogens with zero attached hydrogens (tertiary/aromatic N) is 1. The van der Waals surface area contributed by atoms with Crippen molar-refractivity contribution in [1.29, 1.82) is 0 Å². The van der Waals surface area contributed by atoms with Crippen molar-refractivity contribution in [2.45, 2.75) is 25.2 Å². The lowest BCUT2D eigenvalue weighted by atomic mass is 9.67. The summed E-state index contributed by atoms with van der Waals surface area (Å²) in [5.74, 6) is -1.27. The Bertz CT molecular complexity index is 1170. The summed E-state index contributed by atoms with van der Waals surface area (Å²) in [6.07, 6.45) is 0.787. The molecule has 177 valence electrons. The molecule has 0 bridgehead atoms. The Kier molecular flexibility index (Phi) is 7.29. The molecule has 1 aliphatic rings. The minimum atomic E-state index is -0.485. The SMILES string of the molecule is Cc1c(F)cccc1[C@H]1[C@@H](C(=O)c2cccc(O)c2)CN(CCCN)C[C@@H]1c1c[c]cc(O)c1. The van der Waals surface area contributed by atoms with Gasteiger partial charge in [0.15, 0.2) is 5.78 Å². The molecule has 0 saturated carbocycles. The first-order valence-corrected chi connectivity index (χ1v) is 11.6. The number of carbonyl (C=O) groups excluding carboxylic acids is 1. The smallest absolute Gasteiger partial charge is 0.167 e. The van der Waals surface area contributed by atoms with E-state index in [-0.39, 0.29) is 34.9 Å². The van der Waals surface area contributed by atoms with Crippen LogP contribution in [0.5, 0.6) is 11.5 Å². The molecule has 0 amide bonds. The van der Waals surface area contributed by atoms with E-state index in [4.69, 9.17) is 5.73 Å². The Hall–Kier alpha value is -3.22. The highest BCUT2D eigenvalue weighted by Crippen LogP contribution is 2.46. The lowest BCUT2D eigenvalue weighted by Crippen LogP contribution is -2.47. The fourth-order valence-corrected chi connectivity index (χ4v) is 5.18. The van der Waals surface area contributed by atoms with Crippen molar-refractivity contribution < 1.29 is 19.4 Å². The molecule has 34 heavy (non-hydrogen) atoms. The number of halogens is 1. The predicted molar refractivity (Wildman–Crippen MR) is 130 cm³/mol. The minimum Gasteiger partial charge on any atom is -0.508 e. The molecule has 3 aromatic carbocycles. The number of phenols is 2. The molecule has 1 fully saturated rings. The van der Waals surface area contributed by atoms with Crippen LogP contribution >= 0.6 is 0 Å². The first kappa shape index (κ1) is 23.9. The van der Waals surface area contributed by atoms with Crippen LogP contribution in [0.3, 0.4) is 0 Å². The van der Waals surface area contributed by atoms with Crippen LogP contribution in [0.15, 0.2) is 60.7 Å². The summed E-state index contributed by atoms with van der Waals surface area (Å²) in [7, 11) is 0. The van der Waals surface area contributed by atoms with Crippen molar-refractivity contribution in [1.82, 2.24) is 4.90 Å². The van der Waals surface area contributed by atoms with E-state index in [0.717, 1.165) is 24.1 Å². The van der Waals surface area contributed by atoms with Crippen LogP contribution < -0.4 is 5.73 Å². The van der Waals surface area contributed by atoms with E-state index in [9.17, 15) is 19.4 Å². The molecule has 1 saturated heterocycles. The summed E-state index contributed by atoms with van der Waals surface area (Å²) < 4.78 is 14.7. The van der Waals surface area contributed by atoms with E-state index in [2.05, 4.69) is 11.0 Å². The second-order valence-corrected chi connectivity index (χ2v) is 9.03. The Morgan fingerprint density at radius 2 is 1.91 bits per heavy atom. The molecule has 1 aliphatic heterocycles. The van der Waals surface area contributed by atoms with Gasteiger partial charge >= 0.3 is 0 Å². The lowest BCUT2D eigenvalue weighted by molar-refractivity contribution is 0.0738. The summed E-state index contributed by atoms with van der Waals surface area (Å²) in [4.78, 5) is 16.1. The second-order valence-electron chi connectivity index (χ2n) is 9.03. The first-order valence-electron chi connectivity index (χ1n) is 11.6. The molecule has 5 nitrogen and oxygen atoms in total. The molecular weight excluding hydrogens is 431 g/mol. The molecule has 0 spiro atoms. The van der Waals surface area contributed by atoms with Gasteiger partial charge in [-0.1, -0.05) is 30.3 Å². The van der Waals surface area contributed by atoms with Gasteiger partial charge in [-0.2, -0.15) is 0 Å². The van der Waals surface area contributed by atoms with E-state index in [0.29, 0.717) is 30.8 Å². The number of Topliss-reactive ketones (excluding diaryl/α,β-unsaturated/α-hetero) is 1. The maximum Gasteiger partial charge on any atom is 0.167 e. The fourth-order valence-electron chi connectivity index (χ4n) is 5.18. The minimum absolute atomic E-state index is 0.0271. The van der Waals surface area contributed by atoms with Crippen LogP contribution in [0.4, 0.5) is 4.39 Å². The van der Waals surface area contributed by atoms with E-state index in [1.165, 1.54) is 24.3 Å². The highest BCUT2D eigenvalue weighted by molar-refractivity contribution is 5.99. The molecule has 4 rings (SSSR count). The van der Waals surface area contributed by atoms with Crippen LogP contribution in [0.2, 0.25) is 0 Å². The number of piperidine rings is 1. The normalized spacial score (nSPS) is 20.9. The van der Waals surface area contributed by atoms with Gasteiger partial charge in [0.25, 0.3) is 0 Å². The van der Waals surface area contributed by atoms with E-state index in [1.807, 2.05) is 12.1 Å². The van der Waals surface area contributed by atoms with Crippen molar-refractivity contribution >= 4 is 5.78 Å². The number of rotatable bonds is 7. The van der Waals surface area contributed by atoms with Crippen LogP contribution in [-0.2, 0) is 0 Å². The van der Waals surface area contributed by atoms with E-state index < -0.39 is 5.92 Å². The molecule has 6 heteroatoms. The summed E-state index contributed by atoms with van der Waals surface area (Å²) in [5, 5.41) is 20.2. The molecule has 3 aromatic rings. The quantitative estimate of drug-likeness (QED) is 0.455. The van der Waals surface area contributed by atoms with Gasteiger partial charge in [0.2, 0.25) is 0 Å². The Balaban J connectivity index is 1.86. The highest BCUT2D eigenvalue weighted by atomic mass is 19.1. The second kappa shape index (κ2) is 10.4. The van der Waals surface area contributed by atoms with Crippen molar-refractivity contribution in [3.8, 4) is 11.5 Å². The third-order valence-corrected chi connectivity index (χ3v) is 6.82. The van der Waals surface area contributed by atoms with E-state index >= 15 is 0 Å². The van der Waals surface area contributed by atoms with Crippen molar-refractivity contribution in [3.63, 3.8) is 0 Å². The standard InChI is InChI=1S/C28H30FN2O3/c1-18-23(10-4-11-26(18)29)27-24(19-6-2-8-21(32)14-19)16-31(13-5-12-30)17-25(27)28(34)20-7-3-9-22(33)15-20/h3-4,6-11,14-15,24-25,27,32-33H,5,12-13,16-17,30H2,1H3/t24-,25+,27-/m1/s1. The zero-order valence-electron chi connectivity index (χ0n) is 19.2. The molecule has 4 N–H and O–H groups in total. The van der Waals surface area contributed by atoms with Crippen molar-refractivity contribution in [2.75, 3.05) is 26.2 Å². The maximum atomic E-state index is 14.7. The third kappa shape index (κ3) is 4.98. The lowest BCUT2D eigenvalue weighted by Gasteiger charge is -2.44. The van der Waals surface area contributed by atoms with Gasteiger partial charge in [0.05, 0.1) is 0 Å².